The number of imidazole rings is 1. The second-order valence-corrected chi connectivity index (χ2v) is 7.08. The minimum absolute atomic E-state index is 0.101. The summed E-state index contributed by atoms with van der Waals surface area (Å²) in [7, 11) is 0. The number of anilines is 1. The van der Waals surface area contributed by atoms with Crippen LogP contribution in [-0.2, 0) is 4.79 Å². The Morgan fingerprint density at radius 1 is 1.38 bits per heavy atom. The number of H-pyrrole nitrogens is 1. The van der Waals surface area contributed by atoms with Crippen LogP contribution in [0.25, 0.3) is 11.2 Å². The van der Waals surface area contributed by atoms with E-state index in [0.29, 0.717) is 18.1 Å². The second kappa shape index (κ2) is 6.75. The Morgan fingerprint density at radius 2 is 2.17 bits per heavy atom. The largest absolute Gasteiger partial charge is 0.363 e. The van der Waals surface area contributed by atoms with Crippen LogP contribution in [-0.4, -0.2) is 38.4 Å². The van der Waals surface area contributed by atoms with Crippen molar-refractivity contribution in [1.82, 2.24) is 25.3 Å². The van der Waals surface area contributed by atoms with E-state index in [4.69, 9.17) is 0 Å². The van der Waals surface area contributed by atoms with Crippen LogP contribution in [0.2, 0.25) is 0 Å². The van der Waals surface area contributed by atoms with Crippen molar-refractivity contribution in [2.24, 2.45) is 11.3 Å². The first-order valence-electron chi connectivity index (χ1n) is 8.72. The molecule has 2 aromatic heterocycles. The third-order valence-electron chi connectivity index (χ3n) is 5.36. The maximum absolute atomic E-state index is 12.4. The lowest BCUT2D eigenvalue weighted by atomic mass is 9.70. The van der Waals surface area contributed by atoms with Crippen molar-refractivity contribution < 1.29 is 4.79 Å². The fourth-order valence-electron chi connectivity index (χ4n) is 3.08. The first kappa shape index (κ1) is 16.7. The molecule has 1 saturated carbocycles. The molecule has 0 aromatic carbocycles. The van der Waals surface area contributed by atoms with Crippen molar-refractivity contribution in [3.63, 3.8) is 0 Å². The van der Waals surface area contributed by atoms with Gasteiger partial charge in [0, 0.05) is 18.0 Å². The van der Waals surface area contributed by atoms with E-state index in [2.05, 4.69) is 51.3 Å². The van der Waals surface area contributed by atoms with Crippen LogP contribution in [0, 0.1) is 11.3 Å². The highest BCUT2D eigenvalue weighted by atomic mass is 16.2. The number of hydrogen-bond acceptors (Lipinski definition) is 5. The van der Waals surface area contributed by atoms with Gasteiger partial charge in [0.1, 0.15) is 11.8 Å². The molecule has 3 N–H and O–H groups in total. The van der Waals surface area contributed by atoms with Crippen molar-refractivity contribution in [1.29, 1.82) is 0 Å². The maximum atomic E-state index is 12.4. The molecule has 0 radical (unpaired) electrons. The molecule has 7 nitrogen and oxygen atoms in total. The Morgan fingerprint density at radius 3 is 2.83 bits per heavy atom. The zero-order chi connectivity index (χ0) is 17.2. The predicted molar refractivity (Wildman–Crippen MR) is 93.5 cm³/mol. The van der Waals surface area contributed by atoms with E-state index >= 15 is 0 Å². The normalized spacial score (nSPS) is 18.6. The lowest BCUT2D eigenvalue weighted by Gasteiger charge is -2.37. The standard InChI is InChI=1S/C17H26N6O/c1-4-11(2)12(8-18-16(24)17(3)6-5-7-17)23-15-13-14(20-9-19-13)21-10-22-15/h9-12H,4-8H2,1-3H3,(H,18,24)(H2,19,20,21,22,23)/t11-,12+/m0/s1. The van der Waals surface area contributed by atoms with Gasteiger partial charge in [-0.25, -0.2) is 15.0 Å². The van der Waals surface area contributed by atoms with E-state index in [1.54, 1.807) is 6.33 Å². The van der Waals surface area contributed by atoms with E-state index in [-0.39, 0.29) is 17.4 Å². The topological polar surface area (TPSA) is 95.6 Å². The van der Waals surface area contributed by atoms with Crippen molar-refractivity contribution in [3.05, 3.63) is 12.7 Å². The molecule has 1 fully saturated rings. The van der Waals surface area contributed by atoms with Crippen LogP contribution < -0.4 is 10.6 Å². The zero-order valence-corrected chi connectivity index (χ0v) is 14.6. The molecule has 0 bridgehead atoms. The van der Waals surface area contributed by atoms with Crippen LogP contribution in [0.3, 0.4) is 0 Å². The van der Waals surface area contributed by atoms with Gasteiger partial charge in [-0.05, 0) is 18.8 Å². The van der Waals surface area contributed by atoms with Crippen molar-refractivity contribution in [3.8, 4) is 0 Å². The number of nitrogens with zero attached hydrogens (tertiary/aromatic N) is 3. The fraction of sp³-hybridized carbons (Fsp3) is 0.647. The second-order valence-electron chi connectivity index (χ2n) is 7.08. The van der Waals surface area contributed by atoms with Crippen LogP contribution in [0.4, 0.5) is 5.82 Å². The van der Waals surface area contributed by atoms with E-state index in [1.165, 1.54) is 6.33 Å². The highest BCUT2D eigenvalue weighted by Crippen LogP contribution is 2.40. The summed E-state index contributed by atoms with van der Waals surface area (Å²) in [4.78, 5) is 28.1. The Kier molecular flexibility index (Phi) is 4.69. The number of nitrogens with one attached hydrogen (secondary N) is 3. The van der Waals surface area contributed by atoms with Gasteiger partial charge in [0.25, 0.3) is 0 Å². The quantitative estimate of drug-likeness (QED) is 0.725. The predicted octanol–water partition coefficient (Wildman–Crippen LogP) is 2.49. The maximum Gasteiger partial charge on any atom is 0.226 e. The highest BCUT2D eigenvalue weighted by Gasteiger charge is 2.39. The van der Waals surface area contributed by atoms with Gasteiger partial charge in [0.15, 0.2) is 11.5 Å². The number of carbonyl (C=O) groups is 1. The summed E-state index contributed by atoms with van der Waals surface area (Å²) in [5, 5.41) is 6.60. The van der Waals surface area contributed by atoms with Crippen LogP contribution >= 0.6 is 0 Å². The van der Waals surface area contributed by atoms with Gasteiger partial charge in [0.05, 0.1) is 6.33 Å². The Labute approximate surface area is 142 Å². The average molecular weight is 330 g/mol. The lowest BCUT2D eigenvalue weighted by molar-refractivity contribution is -0.134. The molecule has 24 heavy (non-hydrogen) atoms. The lowest BCUT2D eigenvalue weighted by Crippen LogP contribution is -2.48. The molecule has 0 unspecified atom stereocenters. The molecule has 2 heterocycles. The summed E-state index contributed by atoms with van der Waals surface area (Å²) in [6, 6.07) is 0.101. The molecule has 0 spiro atoms. The van der Waals surface area contributed by atoms with Crippen molar-refractivity contribution in [2.45, 2.75) is 52.5 Å². The smallest absolute Gasteiger partial charge is 0.226 e. The number of aromatic amines is 1. The average Bonchev–Trinajstić information content (AvgIpc) is 3.04. The molecule has 1 aliphatic rings. The van der Waals surface area contributed by atoms with Gasteiger partial charge in [0.2, 0.25) is 5.91 Å². The van der Waals surface area contributed by atoms with Crippen LogP contribution in [0.15, 0.2) is 12.7 Å². The molecule has 1 aliphatic carbocycles. The third-order valence-corrected chi connectivity index (χ3v) is 5.36. The van der Waals surface area contributed by atoms with E-state index in [1.807, 2.05) is 0 Å². The summed E-state index contributed by atoms with van der Waals surface area (Å²) < 4.78 is 0. The van der Waals surface area contributed by atoms with Crippen molar-refractivity contribution >= 4 is 22.9 Å². The SMILES string of the molecule is CC[C@H](C)[C@@H](CNC(=O)C1(C)CCC1)Nc1ncnc2nc[nH]c12. The monoisotopic (exact) mass is 330 g/mol. The van der Waals surface area contributed by atoms with Crippen LogP contribution in [0.5, 0.6) is 0 Å². The minimum atomic E-state index is -0.175. The van der Waals surface area contributed by atoms with Gasteiger partial charge in [-0.3, -0.25) is 4.79 Å². The summed E-state index contributed by atoms with van der Waals surface area (Å²) in [6.45, 7) is 6.97. The first-order valence-corrected chi connectivity index (χ1v) is 8.72. The minimum Gasteiger partial charge on any atom is -0.363 e. The molecule has 3 rings (SSSR count). The first-order chi connectivity index (χ1) is 11.5. The number of carbonyl (C=O) groups excluding carboxylic acids is 1. The molecule has 0 saturated heterocycles. The summed E-state index contributed by atoms with van der Waals surface area (Å²) in [6.07, 6.45) is 7.26. The molecular weight excluding hydrogens is 304 g/mol. The van der Waals surface area contributed by atoms with Crippen molar-refractivity contribution in [2.75, 3.05) is 11.9 Å². The molecule has 130 valence electrons. The Balaban J connectivity index is 1.70. The highest BCUT2D eigenvalue weighted by molar-refractivity contribution is 5.83. The van der Waals surface area contributed by atoms with E-state index < -0.39 is 0 Å². The van der Waals surface area contributed by atoms with E-state index in [9.17, 15) is 4.79 Å². The van der Waals surface area contributed by atoms with Gasteiger partial charge >= 0.3 is 0 Å². The Bertz CT molecular complexity index is 708. The van der Waals surface area contributed by atoms with Gasteiger partial charge in [-0.2, -0.15) is 0 Å². The summed E-state index contributed by atoms with van der Waals surface area (Å²) >= 11 is 0. The zero-order valence-electron chi connectivity index (χ0n) is 14.6. The van der Waals surface area contributed by atoms with Gasteiger partial charge in [-0.15, -0.1) is 0 Å². The number of hydrogen-bond donors (Lipinski definition) is 3. The molecule has 0 aliphatic heterocycles. The molecule has 1 amide bonds. The number of fused-ring (bicyclic) bond motifs is 1. The van der Waals surface area contributed by atoms with Gasteiger partial charge < -0.3 is 15.6 Å². The Hall–Kier alpha value is -2.18. The number of rotatable bonds is 7. The summed E-state index contributed by atoms with van der Waals surface area (Å²) in [5.41, 5.74) is 1.26. The molecule has 2 aromatic rings. The molecule has 2 atom stereocenters. The summed E-state index contributed by atoms with van der Waals surface area (Å²) in [5.74, 6) is 1.29. The third kappa shape index (κ3) is 3.20. The molecule has 7 heteroatoms. The number of aromatic nitrogens is 4. The fourth-order valence-corrected chi connectivity index (χ4v) is 3.08. The number of amides is 1. The molecular formula is C17H26N6O. The van der Waals surface area contributed by atoms with E-state index in [0.717, 1.165) is 37.0 Å². The van der Waals surface area contributed by atoms with Gasteiger partial charge in [-0.1, -0.05) is 33.6 Å². The van der Waals surface area contributed by atoms with Crippen LogP contribution in [0.1, 0.15) is 46.5 Å².